The molecule has 1 aliphatic rings. The molecule has 8 heteroatoms. The van der Waals surface area contributed by atoms with E-state index in [1.807, 2.05) is 18.2 Å². The zero-order valence-corrected chi connectivity index (χ0v) is 15.3. The van der Waals surface area contributed by atoms with E-state index in [0.29, 0.717) is 42.5 Å². The molecule has 0 saturated carbocycles. The Hall–Kier alpha value is -2.87. The van der Waals surface area contributed by atoms with E-state index < -0.39 is 0 Å². The van der Waals surface area contributed by atoms with Crippen molar-refractivity contribution in [1.82, 2.24) is 15.3 Å². The molecule has 0 unspecified atom stereocenters. The molecule has 1 aromatic carbocycles. The number of anilines is 1. The Labute approximate surface area is 157 Å². The molecule has 1 saturated heterocycles. The van der Waals surface area contributed by atoms with Crippen molar-refractivity contribution in [3.05, 3.63) is 52.2 Å². The molecule has 2 heterocycles. The van der Waals surface area contributed by atoms with E-state index in [4.69, 9.17) is 9.47 Å². The van der Waals surface area contributed by atoms with Gasteiger partial charge in [0.15, 0.2) is 0 Å². The van der Waals surface area contributed by atoms with Crippen LogP contribution in [0, 0.1) is 6.92 Å². The van der Waals surface area contributed by atoms with E-state index in [0.717, 1.165) is 19.4 Å². The van der Waals surface area contributed by atoms with Crippen LogP contribution in [0.15, 0.2) is 35.1 Å². The number of nitrogens with zero attached hydrogens (tertiary/aromatic N) is 1. The number of hydrogen-bond acceptors (Lipinski definition) is 5. The number of nitrogens with one attached hydrogen (secondary N) is 3. The molecule has 1 fully saturated rings. The number of amides is 2. The molecule has 2 amide bonds. The minimum atomic E-state index is -0.343. The highest BCUT2D eigenvalue weighted by Crippen LogP contribution is 2.24. The van der Waals surface area contributed by atoms with Crippen LogP contribution in [0.2, 0.25) is 0 Å². The van der Waals surface area contributed by atoms with Gasteiger partial charge in [-0.3, -0.25) is 4.79 Å². The first kappa shape index (κ1) is 18.9. The zero-order valence-electron chi connectivity index (χ0n) is 15.3. The predicted octanol–water partition coefficient (Wildman–Crippen LogP) is 2.00. The summed E-state index contributed by atoms with van der Waals surface area (Å²) in [6.45, 7) is 3.32. The summed E-state index contributed by atoms with van der Waals surface area (Å²) in [4.78, 5) is 30.4. The summed E-state index contributed by atoms with van der Waals surface area (Å²) in [5, 5.41) is 5.55. The summed E-state index contributed by atoms with van der Waals surface area (Å²) < 4.78 is 11.4. The number of ether oxygens (including phenoxy) is 2. The maximum atomic E-state index is 12.2. The minimum Gasteiger partial charge on any atom is -0.489 e. The Balaban J connectivity index is 1.49. The summed E-state index contributed by atoms with van der Waals surface area (Å²) in [6, 6.07) is 8.37. The molecule has 3 N–H and O–H groups in total. The van der Waals surface area contributed by atoms with Crippen molar-refractivity contribution in [2.75, 3.05) is 25.1 Å². The second-order valence-electron chi connectivity index (χ2n) is 6.40. The summed E-state index contributed by atoms with van der Waals surface area (Å²) in [7, 11) is 0. The van der Waals surface area contributed by atoms with Crippen molar-refractivity contribution in [1.29, 1.82) is 0 Å². The molecule has 1 aliphatic heterocycles. The highest BCUT2D eigenvalue weighted by molar-refractivity contribution is 5.90. The minimum absolute atomic E-state index is 0.108. The van der Waals surface area contributed by atoms with Gasteiger partial charge in [-0.05, 0) is 31.9 Å². The quantitative estimate of drug-likeness (QED) is 0.689. The van der Waals surface area contributed by atoms with Crippen LogP contribution in [0.1, 0.15) is 24.4 Å². The van der Waals surface area contributed by atoms with E-state index >= 15 is 0 Å². The van der Waals surface area contributed by atoms with Gasteiger partial charge in [0.1, 0.15) is 18.2 Å². The summed E-state index contributed by atoms with van der Waals surface area (Å²) in [5.74, 6) is 1.16. The molecule has 8 nitrogen and oxygen atoms in total. The maximum Gasteiger partial charge on any atom is 0.319 e. The van der Waals surface area contributed by atoms with Crippen LogP contribution in [0.4, 0.5) is 10.5 Å². The molecule has 0 bridgehead atoms. The molecule has 1 aromatic heterocycles. The highest BCUT2D eigenvalue weighted by Gasteiger charge is 2.17. The second-order valence-corrected chi connectivity index (χ2v) is 6.40. The lowest BCUT2D eigenvalue weighted by Crippen LogP contribution is -2.31. The number of urea groups is 1. The monoisotopic (exact) mass is 372 g/mol. The van der Waals surface area contributed by atoms with Gasteiger partial charge in [0.25, 0.3) is 5.56 Å². The molecular formula is C19H24N4O4. The van der Waals surface area contributed by atoms with Gasteiger partial charge in [-0.1, -0.05) is 12.1 Å². The lowest BCUT2D eigenvalue weighted by Gasteiger charge is -2.15. The third-order valence-electron chi connectivity index (χ3n) is 4.16. The number of aromatic nitrogens is 2. The predicted molar refractivity (Wildman–Crippen MR) is 101 cm³/mol. The van der Waals surface area contributed by atoms with Crippen LogP contribution in [0.5, 0.6) is 5.75 Å². The number of benzene rings is 1. The molecule has 0 aliphatic carbocycles. The van der Waals surface area contributed by atoms with E-state index in [-0.39, 0.29) is 17.7 Å². The van der Waals surface area contributed by atoms with Crippen LogP contribution in [-0.4, -0.2) is 41.9 Å². The number of aromatic amines is 1. The Kier molecular flexibility index (Phi) is 6.43. The summed E-state index contributed by atoms with van der Waals surface area (Å²) in [5.41, 5.74) is 1.04. The van der Waals surface area contributed by atoms with E-state index in [1.165, 1.54) is 6.07 Å². The van der Waals surface area contributed by atoms with Gasteiger partial charge >= 0.3 is 6.03 Å². The fraction of sp³-hybridized carbons (Fsp3) is 0.421. The number of carbonyl (C=O) groups is 1. The van der Waals surface area contributed by atoms with Gasteiger partial charge in [-0.2, -0.15) is 0 Å². The molecule has 27 heavy (non-hydrogen) atoms. The SMILES string of the molecule is Cc1nc(CCNC(=O)Nc2ccccc2OC[C@H]2CCCO2)cc(=O)[nH]1. The number of H-pyrrole nitrogens is 1. The van der Waals surface area contributed by atoms with Gasteiger partial charge in [0, 0.05) is 31.3 Å². The van der Waals surface area contributed by atoms with E-state index in [2.05, 4.69) is 20.6 Å². The summed E-state index contributed by atoms with van der Waals surface area (Å²) in [6.07, 6.45) is 2.62. The van der Waals surface area contributed by atoms with Gasteiger partial charge in [0.2, 0.25) is 0 Å². The number of rotatable bonds is 7. The molecule has 0 radical (unpaired) electrons. The third kappa shape index (κ3) is 5.82. The first-order valence-corrected chi connectivity index (χ1v) is 9.05. The zero-order chi connectivity index (χ0) is 19.1. The van der Waals surface area contributed by atoms with Crippen LogP contribution in [-0.2, 0) is 11.2 Å². The second kappa shape index (κ2) is 9.18. The van der Waals surface area contributed by atoms with Crippen molar-refractivity contribution < 1.29 is 14.3 Å². The lowest BCUT2D eigenvalue weighted by molar-refractivity contribution is 0.0682. The average molecular weight is 372 g/mol. The van der Waals surface area contributed by atoms with Crippen molar-refractivity contribution in [3.8, 4) is 5.75 Å². The third-order valence-corrected chi connectivity index (χ3v) is 4.16. The van der Waals surface area contributed by atoms with Crippen LogP contribution in [0.25, 0.3) is 0 Å². The standard InChI is InChI=1S/C19H24N4O4/c1-13-21-14(11-18(24)22-13)8-9-20-19(25)23-16-6-2-3-7-17(16)27-12-15-5-4-10-26-15/h2-3,6-7,11,15H,4-5,8-10,12H2,1H3,(H2,20,23,25)(H,21,22,24)/t15-/m1/s1. The normalized spacial score (nSPS) is 16.1. The van der Waals surface area contributed by atoms with Gasteiger partial charge in [0.05, 0.1) is 11.8 Å². The molecule has 2 aromatic rings. The molecular weight excluding hydrogens is 348 g/mol. The average Bonchev–Trinajstić information content (AvgIpc) is 3.14. The van der Waals surface area contributed by atoms with Gasteiger partial charge in [-0.25, -0.2) is 9.78 Å². The van der Waals surface area contributed by atoms with Crippen LogP contribution < -0.4 is 20.9 Å². The van der Waals surface area contributed by atoms with Crippen molar-refractivity contribution in [3.63, 3.8) is 0 Å². The Morgan fingerprint density at radius 1 is 1.41 bits per heavy atom. The molecule has 0 spiro atoms. The highest BCUT2D eigenvalue weighted by atomic mass is 16.5. The topological polar surface area (TPSA) is 105 Å². The smallest absolute Gasteiger partial charge is 0.319 e. The van der Waals surface area contributed by atoms with Crippen LogP contribution >= 0.6 is 0 Å². The Bertz CT molecular complexity index is 830. The van der Waals surface area contributed by atoms with Crippen molar-refractivity contribution in [2.24, 2.45) is 0 Å². The summed E-state index contributed by atoms with van der Waals surface area (Å²) >= 11 is 0. The first-order valence-electron chi connectivity index (χ1n) is 9.05. The lowest BCUT2D eigenvalue weighted by atomic mass is 10.2. The van der Waals surface area contributed by atoms with Crippen molar-refractivity contribution >= 4 is 11.7 Å². The van der Waals surface area contributed by atoms with Crippen molar-refractivity contribution in [2.45, 2.75) is 32.3 Å². The molecule has 3 rings (SSSR count). The van der Waals surface area contributed by atoms with E-state index in [1.54, 1.807) is 13.0 Å². The fourth-order valence-corrected chi connectivity index (χ4v) is 2.89. The fourth-order valence-electron chi connectivity index (χ4n) is 2.89. The maximum absolute atomic E-state index is 12.2. The molecule has 144 valence electrons. The number of aryl methyl sites for hydroxylation is 1. The van der Waals surface area contributed by atoms with E-state index in [9.17, 15) is 9.59 Å². The number of para-hydroxylation sites is 2. The van der Waals surface area contributed by atoms with Gasteiger partial charge < -0.3 is 25.1 Å². The molecule has 1 atom stereocenters. The van der Waals surface area contributed by atoms with Crippen LogP contribution in [0.3, 0.4) is 0 Å². The Morgan fingerprint density at radius 3 is 3.04 bits per heavy atom. The number of carbonyl (C=O) groups excluding carboxylic acids is 1. The first-order chi connectivity index (χ1) is 13.1. The largest absolute Gasteiger partial charge is 0.489 e. The number of hydrogen-bond donors (Lipinski definition) is 3. The Morgan fingerprint density at radius 2 is 2.26 bits per heavy atom. The van der Waals surface area contributed by atoms with Gasteiger partial charge in [-0.15, -0.1) is 0 Å².